The van der Waals surface area contributed by atoms with Crippen LogP contribution in [0.4, 0.5) is 0 Å². The molecule has 0 bridgehead atoms. The van der Waals surface area contributed by atoms with E-state index in [9.17, 15) is 0 Å². The zero-order chi connectivity index (χ0) is 21.0. The Morgan fingerprint density at radius 1 is 0.533 bits per heavy atom. The van der Waals surface area contributed by atoms with E-state index >= 15 is 0 Å². The average molecular weight is 518 g/mol. The van der Waals surface area contributed by atoms with E-state index in [4.69, 9.17) is 0 Å². The number of rotatable bonds is 0. The molecule has 0 nitrogen and oxygen atoms in total. The summed E-state index contributed by atoms with van der Waals surface area (Å²) >= 11 is 7.31. The van der Waals surface area contributed by atoms with Crippen molar-refractivity contribution in [1.82, 2.24) is 0 Å². The minimum Gasteiger partial charge on any atom is -0.0537 e. The van der Waals surface area contributed by atoms with E-state index in [1.807, 2.05) is 0 Å². The van der Waals surface area contributed by atoms with E-state index in [1.54, 1.807) is 0 Å². The van der Waals surface area contributed by atoms with Gasteiger partial charge in [0.25, 0.3) is 0 Å². The van der Waals surface area contributed by atoms with Crippen LogP contribution in [0.2, 0.25) is 0 Å². The van der Waals surface area contributed by atoms with Crippen LogP contribution in [-0.2, 0) is 10.8 Å². The van der Waals surface area contributed by atoms with E-state index in [0.717, 1.165) is 8.95 Å². The predicted octanol–water partition coefficient (Wildman–Crippen LogP) is 8.98. The van der Waals surface area contributed by atoms with Crippen LogP contribution in [-0.4, -0.2) is 0 Å². The van der Waals surface area contributed by atoms with Gasteiger partial charge in [0.05, 0.1) is 0 Å². The summed E-state index contributed by atoms with van der Waals surface area (Å²) in [4.78, 5) is 0. The fourth-order valence-electron chi connectivity index (χ4n) is 5.83. The lowest BCUT2D eigenvalue weighted by molar-refractivity contribution is 0.654. The van der Waals surface area contributed by atoms with Gasteiger partial charge in [-0.05, 0) is 91.7 Å². The summed E-state index contributed by atoms with van der Waals surface area (Å²) in [7, 11) is 0. The third-order valence-electron chi connectivity index (χ3n) is 7.35. The summed E-state index contributed by atoms with van der Waals surface area (Å²) in [6.07, 6.45) is 0. The van der Waals surface area contributed by atoms with Crippen LogP contribution in [0.1, 0.15) is 49.9 Å². The maximum Gasteiger partial charge on any atom is 0.0181 e. The van der Waals surface area contributed by atoms with Crippen molar-refractivity contribution in [3.05, 3.63) is 91.9 Å². The van der Waals surface area contributed by atoms with Crippen molar-refractivity contribution in [2.75, 3.05) is 0 Å². The van der Waals surface area contributed by atoms with Crippen molar-refractivity contribution < 1.29 is 0 Å². The Hall–Kier alpha value is -1.90. The van der Waals surface area contributed by atoms with Crippen molar-refractivity contribution in [2.24, 2.45) is 0 Å². The van der Waals surface area contributed by atoms with Gasteiger partial charge in [0.15, 0.2) is 0 Å². The topological polar surface area (TPSA) is 0 Å². The highest BCUT2D eigenvalue weighted by atomic mass is 79.9. The zero-order valence-electron chi connectivity index (χ0n) is 17.5. The molecule has 0 aromatic heterocycles. The lowest BCUT2D eigenvalue weighted by Gasteiger charge is -2.25. The maximum absolute atomic E-state index is 3.68. The third kappa shape index (κ3) is 2.27. The van der Waals surface area contributed by atoms with Crippen LogP contribution in [0.3, 0.4) is 0 Å². The predicted molar refractivity (Wildman–Crippen MR) is 134 cm³/mol. The molecule has 30 heavy (non-hydrogen) atoms. The zero-order valence-corrected chi connectivity index (χ0v) is 20.7. The molecule has 0 unspecified atom stereocenters. The summed E-state index contributed by atoms with van der Waals surface area (Å²) in [6, 6.07) is 23.0. The summed E-state index contributed by atoms with van der Waals surface area (Å²) in [5.41, 5.74) is 11.3. The second-order valence-corrected chi connectivity index (χ2v) is 11.6. The molecule has 0 saturated heterocycles. The van der Waals surface area contributed by atoms with Gasteiger partial charge in [-0.2, -0.15) is 0 Å². The molecular formula is C28H22Br2. The van der Waals surface area contributed by atoms with Crippen LogP contribution >= 0.6 is 31.9 Å². The normalized spacial score (nSPS) is 16.9. The highest BCUT2D eigenvalue weighted by Gasteiger charge is 2.42. The minimum absolute atomic E-state index is 0.00190. The summed E-state index contributed by atoms with van der Waals surface area (Å²) in [5.74, 6) is 0. The standard InChI is InChI=1S/C28H22Br2/c1-27(2)23-12-17(30)7-10-19(23)21-13-25-22(14-24(21)27)20-8-5-15-11-16(29)6-9-18(15)26(20)28(25,3)4/h5-14H,1-4H3. The van der Waals surface area contributed by atoms with Crippen molar-refractivity contribution in [2.45, 2.75) is 38.5 Å². The second kappa shape index (κ2) is 5.87. The molecule has 148 valence electrons. The lowest BCUT2D eigenvalue weighted by atomic mass is 9.78. The Labute approximate surface area is 194 Å². The van der Waals surface area contributed by atoms with E-state index in [-0.39, 0.29) is 10.8 Å². The first-order valence-corrected chi connectivity index (χ1v) is 12.0. The molecule has 0 radical (unpaired) electrons. The molecule has 4 aromatic rings. The molecule has 0 spiro atoms. The Balaban J connectivity index is 1.68. The first-order chi connectivity index (χ1) is 14.2. The molecule has 0 heterocycles. The molecule has 6 rings (SSSR count). The van der Waals surface area contributed by atoms with Gasteiger partial charge in [0, 0.05) is 19.8 Å². The fraction of sp³-hybridized carbons (Fsp3) is 0.214. The average Bonchev–Trinajstić information content (AvgIpc) is 3.06. The molecule has 4 aromatic carbocycles. The molecule has 0 N–H and O–H groups in total. The van der Waals surface area contributed by atoms with Gasteiger partial charge >= 0.3 is 0 Å². The molecule has 0 saturated carbocycles. The summed E-state index contributed by atoms with van der Waals surface area (Å²) < 4.78 is 2.28. The van der Waals surface area contributed by atoms with Gasteiger partial charge in [-0.1, -0.05) is 83.8 Å². The molecule has 0 aliphatic heterocycles. The molecule has 2 aliphatic carbocycles. The number of hydrogen-bond acceptors (Lipinski definition) is 0. The summed E-state index contributed by atoms with van der Waals surface area (Å²) in [6.45, 7) is 9.48. The molecule has 2 aliphatic rings. The molecule has 0 amide bonds. The Morgan fingerprint density at radius 3 is 1.87 bits per heavy atom. The molecule has 0 atom stereocenters. The fourth-order valence-corrected chi connectivity index (χ4v) is 6.57. The third-order valence-corrected chi connectivity index (χ3v) is 8.33. The molecular weight excluding hydrogens is 496 g/mol. The van der Waals surface area contributed by atoms with E-state index in [2.05, 4.69) is 120 Å². The first kappa shape index (κ1) is 18.8. The highest BCUT2D eigenvalue weighted by molar-refractivity contribution is 9.10. The Bertz CT molecular complexity index is 1410. The van der Waals surface area contributed by atoms with Crippen LogP contribution in [0, 0.1) is 0 Å². The van der Waals surface area contributed by atoms with Crippen molar-refractivity contribution in [3.8, 4) is 22.3 Å². The Morgan fingerprint density at radius 2 is 1.10 bits per heavy atom. The number of halogens is 2. The first-order valence-electron chi connectivity index (χ1n) is 10.4. The monoisotopic (exact) mass is 516 g/mol. The van der Waals surface area contributed by atoms with Crippen LogP contribution < -0.4 is 0 Å². The Kier molecular flexibility index (Phi) is 3.68. The van der Waals surface area contributed by atoms with E-state index in [1.165, 1.54) is 55.3 Å². The van der Waals surface area contributed by atoms with Gasteiger partial charge in [-0.25, -0.2) is 0 Å². The van der Waals surface area contributed by atoms with E-state index < -0.39 is 0 Å². The van der Waals surface area contributed by atoms with Crippen LogP contribution in [0.25, 0.3) is 33.0 Å². The molecule has 2 heteroatoms. The van der Waals surface area contributed by atoms with Crippen LogP contribution in [0.5, 0.6) is 0 Å². The van der Waals surface area contributed by atoms with E-state index in [0.29, 0.717) is 0 Å². The molecule has 0 fully saturated rings. The number of hydrogen-bond donors (Lipinski definition) is 0. The van der Waals surface area contributed by atoms with Gasteiger partial charge in [0.2, 0.25) is 0 Å². The SMILES string of the molecule is CC1(C)c2cc(Br)ccc2-c2cc3c(cc21)-c1ccc2cc(Br)ccc2c1C3(C)C. The minimum atomic E-state index is -0.0324. The smallest absolute Gasteiger partial charge is 0.0181 e. The highest BCUT2D eigenvalue weighted by Crippen LogP contribution is 2.57. The van der Waals surface area contributed by atoms with Crippen molar-refractivity contribution >= 4 is 42.6 Å². The van der Waals surface area contributed by atoms with Gasteiger partial charge < -0.3 is 0 Å². The largest absolute Gasteiger partial charge is 0.0537 e. The second-order valence-electron chi connectivity index (χ2n) is 9.74. The number of benzene rings is 4. The van der Waals surface area contributed by atoms with Gasteiger partial charge in [-0.15, -0.1) is 0 Å². The maximum atomic E-state index is 3.68. The van der Waals surface area contributed by atoms with Crippen molar-refractivity contribution in [3.63, 3.8) is 0 Å². The summed E-state index contributed by atoms with van der Waals surface area (Å²) in [5, 5.41) is 2.66. The van der Waals surface area contributed by atoms with Gasteiger partial charge in [-0.3, -0.25) is 0 Å². The van der Waals surface area contributed by atoms with Crippen LogP contribution in [0.15, 0.2) is 69.6 Å². The lowest BCUT2D eigenvalue weighted by Crippen LogP contribution is -2.17. The van der Waals surface area contributed by atoms with Crippen molar-refractivity contribution in [1.29, 1.82) is 0 Å². The quantitative estimate of drug-likeness (QED) is 0.218. The van der Waals surface area contributed by atoms with Gasteiger partial charge in [0.1, 0.15) is 0 Å². The number of fused-ring (bicyclic) bond motifs is 8.